The molecule has 0 spiro atoms. The zero-order chi connectivity index (χ0) is 23.2. The minimum Gasteiger partial charge on any atom is -0.495 e. The number of hydrogen-bond acceptors (Lipinski definition) is 8. The van der Waals surface area contributed by atoms with Gasteiger partial charge in [0, 0.05) is 41.3 Å². The van der Waals surface area contributed by atoms with Crippen LogP contribution in [-0.2, 0) is 4.79 Å². The predicted octanol–water partition coefficient (Wildman–Crippen LogP) is 2.52. The number of carbonyl (C=O) groups excluding carboxylic acids is 2. The van der Waals surface area contributed by atoms with Crippen LogP contribution in [0.2, 0.25) is 0 Å². The molecule has 0 aliphatic carbocycles. The van der Waals surface area contributed by atoms with E-state index in [0.717, 1.165) is 0 Å². The largest absolute Gasteiger partial charge is 0.495 e. The maximum Gasteiger partial charge on any atom is 0.230 e. The Morgan fingerprint density at radius 1 is 1.19 bits per heavy atom. The van der Waals surface area contributed by atoms with Crippen LogP contribution in [0.4, 0.5) is 5.69 Å². The molecule has 9 nitrogen and oxygen atoms in total. The summed E-state index contributed by atoms with van der Waals surface area (Å²) in [5, 5.41) is 8.41. The van der Waals surface area contributed by atoms with Gasteiger partial charge in [0.1, 0.15) is 34.1 Å². The predicted molar refractivity (Wildman–Crippen MR) is 117 cm³/mol. The number of aryl methyl sites for hydroxylation is 1. The number of rotatable bonds is 5. The van der Waals surface area contributed by atoms with Gasteiger partial charge in [0.2, 0.25) is 11.8 Å². The number of nitrogens with two attached hydrogens (primary N) is 2. The minimum atomic E-state index is -1.22. The number of Topliss-reactive ketones (excluding diaryl/α,β-unsaturated/α-hetero) is 1. The van der Waals surface area contributed by atoms with E-state index >= 15 is 0 Å². The van der Waals surface area contributed by atoms with Gasteiger partial charge in [-0.05, 0) is 31.2 Å². The van der Waals surface area contributed by atoms with Gasteiger partial charge in [-0.3, -0.25) is 19.8 Å². The summed E-state index contributed by atoms with van der Waals surface area (Å²) in [5.41, 5.74) is 12.4. The lowest BCUT2D eigenvalue weighted by Gasteiger charge is -2.33. The minimum absolute atomic E-state index is 0.125. The molecule has 164 valence electrons. The van der Waals surface area contributed by atoms with Crippen LogP contribution in [-0.4, -0.2) is 24.7 Å². The smallest absolute Gasteiger partial charge is 0.230 e. The molecule has 9 heteroatoms. The molecule has 2 atom stereocenters. The van der Waals surface area contributed by atoms with Crippen LogP contribution in [0.1, 0.15) is 34.0 Å². The van der Waals surface area contributed by atoms with Gasteiger partial charge >= 0.3 is 0 Å². The van der Waals surface area contributed by atoms with Crippen LogP contribution in [0.25, 0.3) is 11.0 Å². The lowest BCUT2D eigenvalue weighted by molar-refractivity contribution is -0.120. The topological polar surface area (TPSA) is 159 Å². The molecule has 1 aliphatic rings. The number of ether oxygens (including phenoxy) is 2. The van der Waals surface area contributed by atoms with Crippen molar-refractivity contribution in [3.63, 3.8) is 0 Å². The first-order valence-electron chi connectivity index (χ1n) is 9.81. The molecule has 1 aliphatic heterocycles. The molecule has 2 heterocycles. The summed E-state index contributed by atoms with van der Waals surface area (Å²) in [6, 6.07) is 9.15. The Morgan fingerprint density at radius 3 is 2.50 bits per heavy atom. The van der Waals surface area contributed by atoms with Crippen LogP contribution in [0.15, 0.2) is 45.6 Å². The highest BCUT2D eigenvalue weighted by Crippen LogP contribution is 2.48. The average molecular weight is 435 g/mol. The van der Waals surface area contributed by atoms with Crippen molar-refractivity contribution in [3.8, 4) is 11.5 Å². The van der Waals surface area contributed by atoms with Crippen LogP contribution in [0.3, 0.4) is 0 Å². The van der Waals surface area contributed by atoms with Crippen LogP contribution in [0.5, 0.6) is 11.5 Å². The number of nitrogens with one attached hydrogen (secondary N) is 1. The van der Waals surface area contributed by atoms with Crippen molar-refractivity contribution in [3.05, 3.63) is 63.5 Å². The van der Waals surface area contributed by atoms with Crippen molar-refractivity contribution in [2.24, 2.45) is 11.7 Å². The molecule has 0 radical (unpaired) electrons. The van der Waals surface area contributed by atoms with Crippen molar-refractivity contribution in [2.75, 3.05) is 12.8 Å². The lowest BCUT2D eigenvalue weighted by atomic mass is 9.78. The number of methoxy groups -OCH3 is 1. The highest BCUT2D eigenvalue weighted by atomic mass is 16.5. The van der Waals surface area contributed by atoms with Crippen LogP contribution in [0, 0.1) is 18.3 Å². The van der Waals surface area contributed by atoms with Gasteiger partial charge in [-0.1, -0.05) is 0 Å². The summed E-state index contributed by atoms with van der Waals surface area (Å²) >= 11 is 0. The standard InChI is InChI=1S/C23H21N3O6/c1-10-7-15(28)20-17(31-10)9-16-18(21(20)30-2)13(19(22(25)29)23(26)32-16)8-14(27)11-3-5-12(24)6-4-11/h3-7,9,13,19,26H,8,24H2,1-2H3,(H2,25,29). The Hall–Kier alpha value is -4.14. The van der Waals surface area contributed by atoms with Crippen LogP contribution >= 0.6 is 0 Å². The molecular weight excluding hydrogens is 414 g/mol. The van der Waals surface area contributed by atoms with E-state index in [2.05, 4.69) is 0 Å². The maximum absolute atomic E-state index is 13.1. The Kier molecular flexibility index (Phi) is 5.17. The molecule has 2 aromatic carbocycles. The lowest BCUT2D eigenvalue weighted by Crippen LogP contribution is -2.41. The third-order valence-electron chi connectivity index (χ3n) is 5.52. The second kappa shape index (κ2) is 7.84. The zero-order valence-corrected chi connectivity index (χ0v) is 17.4. The summed E-state index contributed by atoms with van der Waals surface area (Å²) in [6.45, 7) is 1.63. The first-order chi connectivity index (χ1) is 15.2. The van der Waals surface area contributed by atoms with Gasteiger partial charge in [0.05, 0.1) is 7.11 Å². The second-order valence-corrected chi connectivity index (χ2v) is 7.62. The molecule has 0 saturated carbocycles. The van der Waals surface area contributed by atoms with E-state index in [9.17, 15) is 14.4 Å². The zero-order valence-electron chi connectivity index (χ0n) is 17.4. The molecular formula is C23H21N3O6. The molecule has 2 unspecified atom stereocenters. The highest BCUT2D eigenvalue weighted by Gasteiger charge is 2.43. The summed E-state index contributed by atoms with van der Waals surface area (Å²) in [4.78, 5) is 38.1. The molecule has 3 aromatic rings. The SMILES string of the molecule is COc1c2c(cc3oc(C)cc(=O)c13)OC(=N)C(C(N)=O)C2CC(=O)c1ccc(N)cc1. The number of nitrogen functional groups attached to an aromatic ring is 1. The fraction of sp³-hybridized carbons (Fsp3) is 0.217. The van der Waals surface area contributed by atoms with E-state index in [0.29, 0.717) is 22.6 Å². The number of anilines is 1. The second-order valence-electron chi connectivity index (χ2n) is 7.62. The van der Waals surface area contributed by atoms with Crippen molar-refractivity contribution < 1.29 is 23.5 Å². The molecule has 4 rings (SSSR count). The van der Waals surface area contributed by atoms with Gasteiger partial charge in [-0.15, -0.1) is 0 Å². The van der Waals surface area contributed by atoms with Gasteiger partial charge in [0.25, 0.3) is 0 Å². The first-order valence-corrected chi connectivity index (χ1v) is 9.81. The number of fused-ring (bicyclic) bond motifs is 2. The van der Waals surface area contributed by atoms with Crippen molar-refractivity contribution in [2.45, 2.75) is 19.3 Å². The molecule has 32 heavy (non-hydrogen) atoms. The first kappa shape index (κ1) is 21.1. The Balaban J connectivity index is 1.93. The average Bonchev–Trinajstić information content (AvgIpc) is 2.71. The van der Waals surface area contributed by atoms with E-state index in [4.69, 9.17) is 30.8 Å². The van der Waals surface area contributed by atoms with Gasteiger partial charge < -0.3 is 25.4 Å². The summed E-state index contributed by atoms with van der Waals surface area (Å²) in [6.07, 6.45) is -0.171. The quantitative estimate of drug-likeness (QED) is 0.410. The number of hydrogen-bond donors (Lipinski definition) is 3. The van der Waals surface area contributed by atoms with E-state index < -0.39 is 23.6 Å². The Labute approximate surface area is 182 Å². The number of carbonyl (C=O) groups is 2. The number of amides is 1. The number of ketones is 1. The van der Waals surface area contributed by atoms with Gasteiger partial charge in [-0.2, -0.15) is 0 Å². The maximum atomic E-state index is 13.1. The number of primary amides is 1. The van der Waals surface area contributed by atoms with E-state index in [-0.39, 0.29) is 40.1 Å². The van der Waals surface area contributed by atoms with Crippen molar-refractivity contribution in [1.29, 1.82) is 5.41 Å². The van der Waals surface area contributed by atoms with E-state index in [1.807, 2.05) is 0 Å². The fourth-order valence-electron chi connectivity index (χ4n) is 4.11. The van der Waals surface area contributed by atoms with Crippen LogP contribution < -0.4 is 26.4 Å². The normalized spacial score (nSPS) is 17.5. The Bertz CT molecular complexity index is 1330. The molecule has 0 saturated heterocycles. The third kappa shape index (κ3) is 3.47. The fourth-order valence-corrected chi connectivity index (χ4v) is 4.11. The Morgan fingerprint density at radius 2 is 1.88 bits per heavy atom. The van der Waals surface area contributed by atoms with E-state index in [1.54, 1.807) is 31.2 Å². The van der Waals surface area contributed by atoms with E-state index in [1.165, 1.54) is 19.2 Å². The molecule has 1 amide bonds. The third-order valence-corrected chi connectivity index (χ3v) is 5.52. The monoisotopic (exact) mass is 435 g/mol. The molecule has 0 fully saturated rings. The molecule has 1 aromatic heterocycles. The highest BCUT2D eigenvalue weighted by molar-refractivity contribution is 6.05. The van der Waals surface area contributed by atoms with Gasteiger partial charge in [-0.25, -0.2) is 0 Å². The molecule has 0 bridgehead atoms. The summed E-state index contributed by atoms with van der Waals surface area (Å²) < 4.78 is 16.8. The van der Waals surface area contributed by atoms with Crippen molar-refractivity contribution >= 4 is 34.2 Å². The number of benzene rings is 2. The summed E-state index contributed by atoms with van der Waals surface area (Å²) in [5.74, 6) is -2.93. The van der Waals surface area contributed by atoms with Gasteiger partial charge in [0.15, 0.2) is 11.2 Å². The van der Waals surface area contributed by atoms with Crippen molar-refractivity contribution in [1.82, 2.24) is 0 Å². The molecule has 5 N–H and O–H groups in total. The summed E-state index contributed by atoms with van der Waals surface area (Å²) in [7, 11) is 1.37.